The highest BCUT2D eigenvalue weighted by Gasteiger charge is 2.12. The van der Waals surface area contributed by atoms with Crippen LogP contribution < -0.4 is 11.2 Å². The van der Waals surface area contributed by atoms with Gasteiger partial charge < -0.3 is 10.5 Å². The van der Waals surface area contributed by atoms with Gasteiger partial charge in [0.25, 0.3) is 5.69 Å². The zero-order valence-corrected chi connectivity index (χ0v) is 11.6. The number of benzene rings is 1. The van der Waals surface area contributed by atoms with Gasteiger partial charge in [0.05, 0.1) is 11.5 Å². The number of carbonyl (C=O) groups is 1. The van der Waals surface area contributed by atoms with Crippen LogP contribution in [0.3, 0.4) is 0 Å². The molecule has 0 fully saturated rings. The van der Waals surface area contributed by atoms with Crippen LogP contribution in [-0.4, -0.2) is 23.3 Å². The van der Waals surface area contributed by atoms with Gasteiger partial charge in [-0.2, -0.15) is 5.10 Å². The Balaban J connectivity index is 0.00000361. The number of rotatable bonds is 6. The van der Waals surface area contributed by atoms with Gasteiger partial charge in [-0.15, -0.1) is 12.4 Å². The van der Waals surface area contributed by atoms with Crippen molar-refractivity contribution in [3.05, 3.63) is 34.4 Å². The fourth-order valence-corrected chi connectivity index (χ4v) is 1.26. The molecule has 1 aromatic rings. The number of nitro groups is 1. The van der Waals surface area contributed by atoms with Crippen LogP contribution in [0, 0.1) is 10.1 Å². The number of halogens is 1. The third-order valence-electron chi connectivity index (χ3n) is 2.05. The van der Waals surface area contributed by atoms with E-state index in [4.69, 9.17) is 10.5 Å². The van der Waals surface area contributed by atoms with Crippen LogP contribution in [0.1, 0.15) is 13.3 Å². The van der Waals surface area contributed by atoms with Gasteiger partial charge in [-0.05, 0) is 13.0 Å². The van der Waals surface area contributed by atoms with E-state index in [1.54, 1.807) is 13.0 Å². The molecule has 0 aliphatic heterocycles. The molecule has 0 spiro atoms. The Morgan fingerprint density at radius 3 is 2.75 bits per heavy atom. The fourth-order valence-electron chi connectivity index (χ4n) is 1.26. The van der Waals surface area contributed by atoms with Crippen molar-refractivity contribution in [1.29, 1.82) is 0 Å². The highest BCUT2D eigenvalue weighted by molar-refractivity contribution is 5.97. The summed E-state index contributed by atoms with van der Waals surface area (Å²) in [5.74, 6) is -0.523. The Morgan fingerprint density at radius 2 is 2.15 bits per heavy atom. The van der Waals surface area contributed by atoms with Crippen molar-refractivity contribution in [2.24, 2.45) is 10.8 Å². The molecular weight excluding hydrogens is 288 g/mol. The molecule has 0 heterocycles. The molecule has 9 heteroatoms. The lowest BCUT2D eigenvalue weighted by Crippen LogP contribution is -2.20. The normalized spacial score (nSPS) is 10.3. The minimum absolute atomic E-state index is 0. The molecule has 8 nitrogen and oxygen atoms in total. The quantitative estimate of drug-likeness (QED) is 0.271. The summed E-state index contributed by atoms with van der Waals surface area (Å²) in [6.07, 6.45) is -0.179. The van der Waals surface area contributed by atoms with Crippen LogP contribution in [-0.2, 0) is 9.53 Å². The lowest BCUT2D eigenvalue weighted by Gasteiger charge is -2.04. The number of nitrogens with one attached hydrogen (secondary N) is 1. The minimum atomic E-state index is -0.542. The molecule has 20 heavy (non-hydrogen) atoms. The summed E-state index contributed by atoms with van der Waals surface area (Å²) in [4.78, 5) is 21.3. The SMILES string of the molecule is CCOC(=O)C/C(N)=N\Nc1ccccc1[N+](=O)[O-].Cl. The lowest BCUT2D eigenvalue weighted by molar-refractivity contribution is -0.384. The first-order valence-corrected chi connectivity index (χ1v) is 5.51. The number of hydrazone groups is 1. The molecule has 1 rings (SSSR count). The van der Waals surface area contributed by atoms with Gasteiger partial charge in [-0.25, -0.2) is 0 Å². The first-order valence-electron chi connectivity index (χ1n) is 5.51. The van der Waals surface area contributed by atoms with Crippen LogP contribution in [0.25, 0.3) is 0 Å². The monoisotopic (exact) mass is 302 g/mol. The Hall–Kier alpha value is -2.35. The first kappa shape index (κ1) is 17.6. The lowest BCUT2D eigenvalue weighted by atomic mass is 10.3. The number of esters is 1. The number of nitro benzene ring substituents is 1. The largest absolute Gasteiger partial charge is 0.466 e. The summed E-state index contributed by atoms with van der Waals surface area (Å²) in [5, 5.41) is 14.4. The zero-order valence-electron chi connectivity index (χ0n) is 10.7. The van der Waals surface area contributed by atoms with Gasteiger partial charge in [0.1, 0.15) is 17.9 Å². The van der Waals surface area contributed by atoms with E-state index in [1.807, 2.05) is 0 Å². The molecule has 0 aliphatic carbocycles. The molecule has 1 aromatic carbocycles. The summed E-state index contributed by atoms with van der Waals surface area (Å²) in [5.41, 5.74) is 8.02. The van der Waals surface area contributed by atoms with E-state index >= 15 is 0 Å². The second kappa shape index (κ2) is 8.70. The summed E-state index contributed by atoms with van der Waals surface area (Å²) in [7, 11) is 0. The molecule has 0 aliphatic rings. The maximum atomic E-state index is 11.1. The maximum Gasteiger partial charge on any atom is 0.313 e. The fraction of sp³-hybridized carbons (Fsp3) is 0.273. The van der Waals surface area contributed by atoms with Crippen LogP contribution >= 0.6 is 12.4 Å². The van der Waals surface area contributed by atoms with Gasteiger partial charge in [0.2, 0.25) is 0 Å². The van der Waals surface area contributed by atoms with Gasteiger partial charge in [-0.1, -0.05) is 12.1 Å². The van der Waals surface area contributed by atoms with Crippen molar-refractivity contribution in [3.8, 4) is 0 Å². The van der Waals surface area contributed by atoms with Crippen molar-refractivity contribution in [3.63, 3.8) is 0 Å². The molecule has 0 amide bonds. The first-order chi connectivity index (χ1) is 9.04. The van der Waals surface area contributed by atoms with E-state index in [-0.39, 0.29) is 42.6 Å². The van der Waals surface area contributed by atoms with E-state index in [1.165, 1.54) is 18.2 Å². The zero-order chi connectivity index (χ0) is 14.3. The number of hydrogen-bond donors (Lipinski definition) is 2. The van der Waals surface area contributed by atoms with E-state index < -0.39 is 10.9 Å². The molecule has 0 aromatic heterocycles. The highest BCUT2D eigenvalue weighted by atomic mass is 35.5. The molecule has 0 saturated heterocycles. The van der Waals surface area contributed by atoms with Crippen molar-refractivity contribution in [1.82, 2.24) is 0 Å². The predicted molar refractivity (Wildman–Crippen MR) is 76.8 cm³/mol. The Morgan fingerprint density at radius 1 is 1.50 bits per heavy atom. The standard InChI is InChI=1S/C11H14N4O4.ClH/c1-2-19-11(16)7-10(12)14-13-8-5-3-4-6-9(8)15(17)18;/h3-6,13H,2,7H2,1H3,(H2,12,14);1H. The van der Waals surface area contributed by atoms with Crippen LogP contribution in [0.2, 0.25) is 0 Å². The van der Waals surface area contributed by atoms with Gasteiger partial charge in [-0.3, -0.25) is 20.3 Å². The van der Waals surface area contributed by atoms with Crippen molar-refractivity contribution < 1.29 is 14.5 Å². The molecule has 110 valence electrons. The third-order valence-corrected chi connectivity index (χ3v) is 2.05. The van der Waals surface area contributed by atoms with Crippen molar-refractivity contribution in [2.75, 3.05) is 12.0 Å². The molecule has 0 unspecified atom stereocenters. The summed E-state index contributed by atoms with van der Waals surface area (Å²) >= 11 is 0. The minimum Gasteiger partial charge on any atom is -0.466 e. The molecule has 0 radical (unpaired) electrons. The van der Waals surface area contributed by atoms with E-state index in [2.05, 4.69) is 10.5 Å². The smallest absolute Gasteiger partial charge is 0.313 e. The van der Waals surface area contributed by atoms with Crippen LogP contribution in [0.4, 0.5) is 11.4 Å². The average Bonchev–Trinajstić information content (AvgIpc) is 2.36. The molecule has 0 bridgehead atoms. The highest BCUT2D eigenvalue weighted by Crippen LogP contribution is 2.22. The molecule has 0 saturated carbocycles. The van der Waals surface area contributed by atoms with Crippen molar-refractivity contribution >= 4 is 35.6 Å². The second-order valence-corrected chi connectivity index (χ2v) is 3.47. The average molecular weight is 303 g/mol. The van der Waals surface area contributed by atoms with Gasteiger partial charge >= 0.3 is 5.97 Å². The molecule has 0 atom stereocenters. The van der Waals surface area contributed by atoms with E-state index in [0.717, 1.165) is 0 Å². The topological polar surface area (TPSA) is 120 Å². The summed E-state index contributed by atoms with van der Waals surface area (Å²) in [6.45, 7) is 1.93. The number of nitrogens with zero attached hydrogens (tertiary/aromatic N) is 2. The Kier molecular flexibility index (Phi) is 7.68. The number of amidine groups is 1. The number of hydrogen-bond acceptors (Lipinski definition) is 6. The van der Waals surface area contributed by atoms with Crippen LogP contribution in [0.15, 0.2) is 29.4 Å². The number of ether oxygens (including phenoxy) is 1. The van der Waals surface area contributed by atoms with Gasteiger partial charge in [0.15, 0.2) is 0 Å². The number of anilines is 1. The van der Waals surface area contributed by atoms with E-state index in [9.17, 15) is 14.9 Å². The number of para-hydroxylation sites is 2. The third kappa shape index (κ3) is 5.53. The Bertz CT molecular complexity index is 507. The summed E-state index contributed by atoms with van der Waals surface area (Å²) in [6, 6.07) is 5.97. The van der Waals surface area contributed by atoms with Crippen molar-refractivity contribution in [2.45, 2.75) is 13.3 Å². The predicted octanol–water partition coefficient (Wildman–Crippen LogP) is 1.65. The Labute approximate surface area is 121 Å². The van der Waals surface area contributed by atoms with E-state index in [0.29, 0.717) is 0 Å². The molecular formula is C11H15ClN4O4. The number of carbonyl (C=O) groups excluding carboxylic acids is 1. The summed E-state index contributed by atoms with van der Waals surface area (Å²) < 4.78 is 4.69. The molecule has 3 N–H and O–H groups in total. The van der Waals surface area contributed by atoms with Crippen LogP contribution in [0.5, 0.6) is 0 Å². The number of nitrogens with two attached hydrogens (primary N) is 1. The second-order valence-electron chi connectivity index (χ2n) is 3.47. The van der Waals surface area contributed by atoms with Gasteiger partial charge in [0, 0.05) is 6.07 Å². The maximum absolute atomic E-state index is 11.1.